The van der Waals surface area contributed by atoms with E-state index in [-0.39, 0.29) is 6.54 Å². The number of imidazole rings is 1. The number of pyridine rings is 1. The molecular weight excluding hydrogens is 279 g/mol. The summed E-state index contributed by atoms with van der Waals surface area (Å²) in [7, 11) is 0. The minimum atomic E-state index is -0.479. The summed E-state index contributed by atoms with van der Waals surface area (Å²) in [5.74, 6) is 6.41. The number of rotatable bonds is 2. The van der Waals surface area contributed by atoms with Crippen LogP contribution in [0.3, 0.4) is 0 Å². The number of alkyl halides is 1. The van der Waals surface area contributed by atoms with Crippen molar-refractivity contribution in [3.05, 3.63) is 59.7 Å². The van der Waals surface area contributed by atoms with Crippen LogP contribution in [0.25, 0.3) is 11.0 Å². The maximum atomic E-state index is 12.8. The average molecular weight is 290 g/mol. The van der Waals surface area contributed by atoms with Crippen LogP contribution in [0, 0.1) is 23.2 Å². The number of aryl methyl sites for hydroxylation is 1. The molecule has 0 saturated carbocycles. The van der Waals surface area contributed by atoms with Crippen LogP contribution in [-0.4, -0.2) is 21.2 Å². The molecule has 0 bridgehead atoms. The minimum Gasteiger partial charge on any atom is -0.315 e. The van der Waals surface area contributed by atoms with Crippen LogP contribution in [0.5, 0.6) is 0 Å². The standard InChI is InChI=1S/C17H11FN4/c18-9-10-22-16-4-2-1-3-15(16)21-17(22)8-6-13-5-7-14(11-19)20-12-13/h1-5,7,12H,9-10H2. The summed E-state index contributed by atoms with van der Waals surface area (Å²) < 4.78 is 14.5. The van der Waals surface area contributed by atoms with Gasteiger partial charge in [-0.05, 0) is 30.2 Å². The SMILES string of the molecule is N#Cc1ccc(C#Cc2nc3ccccc3n2CCF)cn1. The van der Waals surface area contributed by atoms with E-state index in [2.05, 4.69) is 21.8 Å². The number of fused-ring (bicyclic) bond motifs is 1. The molecule has 5 heteroatoms. The summed E-state index contributed by atoms with van der Waals surface area (Å²) >= 11 is 0. The number of hydrogen-bond acceptors (Lipinski definition) is 3. The van der Waals surface area contributed by atoms with Crippen molar-refractivity contribution in [3.8, 4) is 17.9 Å². The Morgan fingerprint density at radius 2 is 2.00 bits per heavy atom. The molecule has 0 radical (unpaired) electrons. The molecule has 0 N–H and O–H groups in total. The van der Waals surface area contributed by atoms with Gasteiger partial charge in [-0.25, -0.2) is 14.4 Å². The number of halogens is 1. The maximum absolute atomic E-state index is 12.8. The van der Waals surface area contributed by atoms with Crippen LogP contribution in [-0.2, 0) is 6.54 Å². The molecule has 0 spiro atoms. The van der Waals surface area contributed by atoms with E-state index in [0.29, 0.717) is 17.1 Å². The van der Waals surface area contributed by atoms with Crippen molar-refractivity contribution in [2.24, 2.45) is 0 Å². The Morgan fingerprint density at radius 3 is 2.73 bits per heavy atom. The van der Waals surface area contributed by atoms with E-state index in [1.807, 2.05) is 30.3 Å². The zero-order chi connectivity index (χ0) is 15.4. The lowest BCUT2D eigenvalue weighted by atomic mass is 10.2. The summed E-state index contributed by atoms with van der Waals surface area (Å²) in [6.45, 7) is -0.260. The Labute approximate surface area is 126 Å². The van der Waals surface area contributed by atoms with E-state index in [1.54, 1.807) is 16.7 Å². The van der Waals surface area contributed by atoms with Gasteiger partial charge in [-0.2, -0.15) is 5.26 Å². The number of nitrogens with zero attached hydrogens (tertiary/aromatic N) is 4. The van der Waals surface area contributed by atoms with Gasteiger partial charge in [0.1, 0.15) is 18.4 Å². The Balaban J connectivity index is 2.01. The summed E-state index contributed by atoms with van der Waals surface area (Å²) in [6, 6.07) is 12.8. The van der Waals surface area contributed by atoms with Crippen LogP contribution in [0.1, 0.15) is 17.1 Å². The summed E-state index contributed by atoms with van der Waals surface area (Å²) in [5, 5.41) is 8.72. The monoisotopic (exact) mass is 290 g/mol. The second-order valence-corrected chi connectivity index (χ2v) is 4.56. The molecule has 0 atom stereocenters. The first-order chi connectivity index (χ1) is 10.8. The second-order valence-electron chi connectivity index (χ2n) is 4.56. The van der Waals surface area contributed by atoms with Crippen LogP contribution in [0.15, 0.2) is 42.6 Å². The third-order valence-corrected chi connectivity index (χ3v) is 3.16. The first kappa shape index (κ1) is 13.8. The van der Waals surface area contributed by atoms with Gasteiger partial charge in [-0.1, -0.05) is 18.1 Å². The lowest BCUT2D eigenvalue weighted by molar-refractivity contribution is 0.448. The first-order valence-corrected chi connectivity index (χ1v) is 6.71. The van der Waals surface area contributed by atoms with Crippen molar-refractivity contribution in [3.63, 3.8) is 0 Å². The van der Waals surface area contributed by atoms with Crippen molar-refractivity contribution in [2.75, 3.05) is 6.67 Å². The molecule has 0 saturated heterocycles. The van der Waals surface area contributed by atoms with E-state index in [9.17, 15) is 4.39 Å². The third-order valence-electron chi connectivity index (χ3n) is 3.16. The highest BCUT2D eigenvalue weighted by molar-refractivity contribution is 5.76. The van der Waals surface area contributed by atoms with E-state index in [4.69, 9.17) is 5.26 Å². The average Bonchev–Trinajstić information content (AvgIpc) is 2.92. The smallest absolute Gasteiger partial charge is 0.186 e. The molecule has 0 amide bonds. The van der Waals surface area contributed by atoms with Gasteiger partial charge in [0, 0.05) is 11.8 Å². The van der Waals surface area contributed by atoms with Gasteiger partial charge >= 0.3 is 0 Å². The Bertz CT molecular complexity index is 908. The van der Waals surface area contributed by atoms with Crippen molar-refractivity contribution >= 4 is 11.0 Å². The highest BCUT2D eigenvalue weighted by Crippen LogP contribution is 2.15. The molecule has 4 nitrogen and oxygen atoms in total. The molecular formula is C17H11FN4. The van der Waals surface area contributed by atoms with E-state index in [1.165, 1.54) is 6.20 Å². The van der Waals surface area contributed by atoms with Gasteiger partial charge in [0.25, 0.3) is 0 Å². The molecule has 3 aromatic rings. The predicted molar refractivity (Wildman–Crippen MR) is 80.6 cm³/mol. The van der Waals surface area contributed by atoms with Crippen LogP contribution in [0.4, 0.5) is 4.39 Å². The van der Waals surface area contributed by atoms with E-state index in [0.717, 1.165) is 11.0 Å². The highest BCUT2D eigenvalue weighted by atomic mass is 19.1. The van der Waals surface area contributed by atoms with Crippen molar-refractivity contribution in [2.45, 2.75) is 6.54 Å². The Morgan fingerprint density at radius 1 is 1.14 bits per heavy atom. The van der Waals surface area contributed by atoms with Gasteiger partial charge < -0.3 is 4.57 Å². The first-order valence-electron chi connectivity index (χ1n) is 6.71. The van der Waals surface area contributed by atoms with Crippen molar-refractivity contribution in [1.29, 1.82) is 5.26 Å². The second kappa shape index (κ2) is 6.07. The van der Waals surface area contributed by atoms with Gasteiger partial charge in [0.2, 0.25) is 0 Å². The van der Waals surface area contributed by atoms with E-state index >= 15 is 0 Å². The zero-order valence-corrected chi connectivity index (χ0v) is 11.6. The topological polar surface area (TPSA) is 54.5 Å². The minimum absolute atomic E-state index is 0.218. The molecule has 0 fully saturated rings. The largest absolute Gasteiger partial charge is 0.315 e. The maximum Gasteiger partial charge on any atom is 0.186 e. The van der Waals surface area contributed by atoms with Gasteiger partial charge in [0.05, 0.1) is 17.6 Å². The lowest BCUT2D eigenvalue weighted by Crippen LogP contribution is -2.02. The third kappa shape index (κ3) is 2.65. The van der Waals surface area contributed by atoms with Crippen LogP contribution in [0.2, 0.25) is 0 Å². The fraction of sp³-hybridized carbons (Fsp3) is 0.118. The Hall–Kier alpha value is -3.18. The molecule has 0 aliphatic heterocycles. The number of para-hydroxylation sites is 2. The molecule has 2 aromatic heterocycles. The molecule has 22 heavy (non-hydrogen) atoms. The molecule has 0 aliphatic rings. The molecule has 1 aromatic carbocycles. The van der Waals surface area contributed by atoms with Crippen LogP contribution < -0.4 is 0 Å². The highest BCUT2D eigenvalue weighted by Gasteiger charge is 2.07. The summed E-state index contributed by atoms with van der Waals surface area (Å²) in [6.07, 6.45) is 1.54. The van der Waals surface area contributed by atoms with Gasteiger partial charge in [-0.3, -0.25) is 0 Å². The quantitative estimate of drug-likeness (QED) is 0.682. The lowest BCUT2D eigenvalue weighted by Gasteiger charge is -2.01. The molecule has 0 unspecified atom stereocenters. The molecule has 106 valence electrons. The van der Waals surface area contributed by atoms with E-state index < -0.39 is 6.67 Å². The molecule has 0 aliphatic carbocycles. The number of benzene rings is 1. The fourth-order valence-corrected chi connectivity index (χ4v) is 2.14. The molecule has 3 rings (SSSR count). The summed E-state index contributed by atoms with van der Waals surface area (Å²) in [5.41, 5.74) is 2.67. The number of nitriles is 1. The number of aromatic nitrogens is 3. The predicted octanol–water partition coefficient (Wildman–Crippen LogP) is 2.67. The zero-order valence-electron chi connectivity index (χ0n) is 11.6. The van der Waals surface area contributed by atoms with Crippen molar-refractivity contribution < 1.29 is 4.39 Å². The number of hydrogen-bond donors (Lipinski definition) is 0. The van der Waals surface area contributed by atoms with Gasteiger partial charge in [0.15, 0.2) is 5.82 Å². The summed E-state index contributed by atoms with van der Waals surface area (Å²) in [4.78, 5) is 8.39. The van der Waals surface area contributed by atoms with Crippen molar-refractivity contribution in [1.82, 2.24) is 14.5 Å². The van der Waals surface area contributed by atoms with Gasteiger partial charge in [-0.15, -0.1) is 0 Å². The normalized spacial score (nSPS) is 10.0. The van der Waals surface area contributed by atoms with Crippen LogP contribution >= 0.6 is 0 Å². The molecule has 2 heterocycles. The fourth-order valence-electron chi connectivity index (χ4n) is 2.14. The Kier molecular flexibility index (Phi) is 3.80.